The number of amides is 1. The molecule has 1 saturated heterocycles. The van der Waals surface area contributed by atoms with Crippen LogP contribution < -0.4 is 15.4 Å². The van der Waals surface area contributed by atoms with Crippen LogP contribution in [0.2, 0.25) is 0 Å². The van der Waals surface area contributed by atoms with Crippen molar-refractivity contribution >= 4 is 33.4 Å². The highest BCUT2D eigenvalue weighted by Crippen LogP contribution is 2.36. The predicted molar refractivity (Wildman–Crippen MR) is 106 cm³/mol. The molecule has 2 aromatic rings. The Morgan fingerprint density at radius 2 is 2.14 bits per heavy atom. The summed E-state index contributed by atoms with van der Waals surface area (Å²) in [5.41, 5.74) is 1.15. The Morgan fingerprint density at radius 1 is 1.36 bits per heavy atom. The Kier molecular flexibility index (Phi) is 4.98. The molecule has 0 saturated carbocycles. The fourth-order valence-electron chi connectivity index (χ4n) is 3.58. The van der Waals surface area contributed by atoms with E-state index in [2.05, 4.69) is 15.4 Å². The molecule has 0 bridgehead atoms. The fraction of sp³-hybridized carbons (Fsp3) is 0.389. The molecular formula is C18H21FN4O3S2. The van der Waals surface area contributed by atoms with Gasteiger partial charge in [-0.2, -0.15) is 0 Å². The van der Waals surface area contributed by atoms with Crippen molar-refractivity contribution in [2.45, 2.75) is 22.8 Å². The maximum Gasteiger partial charge on any atom is 0.273 e. The van der Waals surface area contributed by atoms with Crippen LogP contribution in [0.1, 0.15) is 16.1 Å². The summed E-state index contributed by atoms with van der Waals surface area (Å²) >= 11 is 1.39. The second kappa shape index (κ2) is 7.18. The number of anilines is 1. The molecule has 2 aliphatic rings. The normalized spacial score (nSPS) is 23.4. The van der Waals surface area contributed by atoms with Crippen molar-refractivity contribution in [3.8, 4) is 0 Å². The number of nitrogens with one attached hydrogen (secondary N) is 3. The maximum absolute atomic E-state index is 13.5. The first-order valence-corrected chi connectivity index (χ1v) is 11.4. The van der Waals surface area contributed by atoms with E-state index < -0.39 is 15.9 Å². The SMILES string of the molecule is Cc1cc(NC(=O)c2c3c(cn2C)S(=O)(=O)N[C@H]2CNC[C@H]2CS3)ccc1F. The zero-order chi connectivity index (χ0) is 20.1. The summed E-state index contributed by atoms with van der Waals surface area (Å²) in [6, 6.07) is 4.16. The number of aryl methyl sites for hydroxylation is 2. The second-order valence-corrected chi connectivity index (χ2v) is 9.87. The maximum atomic E-state index is 13.5. The van der Waals surface area contributed by atoms with E-state index in [9.17, 15) is 17.6 Å². The lowest BCUT2D eigenvalue weighted by molar-refractivity contribution is 0.101. The molecule has 2 aliphatic heterocycles. The lowest BCUT2D eigenvalue weighted by Crippen LogP contribution is -2.42. The third-order valence-corrected chi connectivity index (χ3v) is 8.04. The van der Waals surface area contributed by atoms with Crippen molar-refractivity contribution in [2.75, 3.05) is 24.2 Å². The Morgan fingerprint density at radius 3 is 2.89 bits per heavy atom. The molecule has 1 aromatic heterocycles. The van der Waals surface area contributed by atoms with Crippen LogP contribution >= 0.6 is 11.8 Å². The van der Waals surface area contributed by atoms with Gasteiger partial charge in [-0.1, -0.05) is 0 Å². The smallest absolute Gasteiger partial charge is 0.273 e. The number of benzene rings is 1. The molecule has 7 nitrogen and oxygen atoms in total. The molecule has 0 spiro atoms. The number of thioether (sulfide) groups is 1. The number of hydrogen-bond acceptors (Lipinski definition) is 5. The molecule has 1 aromatic carbocycles. The number of hydrogen-bond donors (Lipinski definition) is 3. The van der Waals surface area contributed by atoms with Crippen LogP contribution in [0.15, 0.2) is 34.2 Å². The van der Waals surface area contributed by atoms with E-state index in [-0.39, 0.29) is 28.4 Å². The lowest BCUT2D eigenvalue weighted by Gasteiger charge is -2.23. The zero-order valence-electron chi connectivity index (χ0n) is 15.5. The Balaban J connectivity index is 1.70. The summed E-state index contributed by atoms with van der Waals surface area (Å²) in [4.78, 5) is 13.5. The van der Waals surface area contributed by atoms with Crippen molar-refractivity contribution in [1.82, 2.24) is 14.6 Å². The number of rotatable bonds is 2. The van der Waals surface area contributed by atoms with E-state index in [4.69, 9.17) is 0 Å². The number of nitrogens with zero attached hydrogens (tertiary/aromatic N) is 1. The summed E-state index contributed by atoms with van der Waals surface area (Å²) in [6.07, 6.45) is 1.47. The van der Waals surface area contributed by atoms with Crippen LogP contribution in [-0.2, 0) is 17.1 Å². The molecule has 3 N–H and O–H groups in total. The van der Waals surface area contributed by atoms with Crippen molar-refractivity contribution < 1.29 is 17.6 Å². The lowest BCUT2D eigenvalue weighted by atomic mass is 10.1. The number of carbonyl (C=O) groups excluding carboxylic acids is 1. The second-order valence-electron chi connectivity index (χ2n) is 7.16. The van der Waals surface area contributed by atoms with Crippen LogP contribution in [-0.4, -0.2) is 43.8 Å². The van der Waals surface area contributed by atoms with Crippen LogP contribution in [0.5, 0.6) is 0 Å². The van der Waals surface area contributed by atoms with Crippen LogP contribution in [0.25, 0.3) is 0 Å². The van der Waals surface area contributed by atoms with Crippen LogP contribution in [0.3, 0.4) is 0 Å². The summed E-state index contributed by atoms with van der Waals surface area (Å²) in [7, 11) is -2.09. The molecular weight excluding hydrogens is 403 g/mol. The summed E-state index contributed by atoms with van der Waals surface area (Å²) in [6.45, 7) is 2.95. The van der Waals surface area contributed by atoms with Gasteiger partial charge in [0, 0.05) is 43.8 Å². The summed E-state index contributed by atoms with van der Waals surface area (Å²) in [5.74, 6) is 0.0741. The number of halogens is 1. The predicted octanol–water partition coefficient (Wildman–Crippen LogP) is 1.70. The number of fused-ring (bicyclic) bond motifs is 2. The molecule has 1 fully saturated rings. The minimum absolute atomic E-state index is 0.116. The Bertz CT molecular complexity index is 1050. The molecule has 0 aliphatic carbocycles. The minimum atomic E-state index is -3.74. The standard InChI is InChI=1S/C18H21FN4O3S2/c1-10-5-12(3-4-13(10)19)21-18(24)16-17-15(8-23(16)2)28(25,26)22-14-7-20-6-11(14)9-27-17/h3-5,8,11,14,20,22H,6-7,9H2,1-2H3,(H,21,24)/t11-,14-/m0/s1. The highest BCUT2D eigenvalue weighted by atomic mass is 32.2. The van der Waals surface area contributed by atoms with Gasteiger partial charge in [-0.15, -0.1) is 11.8 Å². The van der Waals surface area contributed by atoms with Gasteiger partial charge in [-0.3, -0.25) is 4.79 Å². The highest BCUT2D eigenvalue weighted by molar-refractivity contribution is 8.00. The third kappa shape index (κ3) is 3.45. The average Bonchev–Trinajstić information content (AvgIpc) is 3.18. The Labute approximate surface area is 167 Å². The fourth-order valence-corrected chi connectivity index (χ4v) is 6.83. The van der Waals surface area contributed by atoms with E-state index in [1.807, 2.05) is 0 Å². The van der Waals surface area contributed by atoms with Gasteiger partial charge in [-0.05, 0) is 36.6 Å². The van der Waals surface area contributed by atoms with Crippen molar-refractivity contribution in [3.63, 3.8) is 0 Å². The van der Waals surface area contributed by atoms with Crippen molar-refractivity contribution in [3.05, 3.63) is 41.5 Å². The topological polar surface area (TPSA) is 92.2 Å². The molecule has 0 unspecified atom stereocenters. The van der Waals surface area contributed by atoms with Crippen molar-refractivity contribution in [1.29, 1.82) is 0 Å². The van der Waals surface area contributed by atoms with E-state index in [1.165, 1.54) is 34.7 Å². The first kappa shape index (κ1) is 19.4. The molecule has 28 heavy (non-hydrogen) atoms. The first-order valence-electron chi connectivity index (χ1n) is 8.89. The molecule has 3 heterocycles. The molecule has 1 amide bonds. The molecule has 2 atom stereocenters. The van der Waals surface area contributed by atoms with Gasteiger partial charge in [0.1, 0.15) is 16.4 Å². The first-order chi connectivity index (χ1) is 13.3. The molecule has 0 radical (unpaired) electrons. The monoisotopic (exact) mass is 424 g/mol. The third-order valence-electron chi connectivity index (χ3n) is 5.11. The van der Waals surface area contributed by atoms with Gasteiger partial charge in [0.2, 0.25) is 10.0 Å². The van der Waals surface area contributed by atoms with Crippen LogP contribution in [0, 0.1) is 18.7 Å². The van der Waals surface area contributed by atoms with E-state index in [1.54, 1.807) is 20.0 Å². The van der Waals surface area contributed by atoms with Gasteiger partial charge in [0.25, 0.3) is 5.91 Å². The average molecular weight is 425 g/mol. The van der Waals surface area contributed by atoms with Crippen molar-refractivity contribution in [2.24, 2.45) is 13.0 Å². The van der Waals surface area contributed by atoms with Gasteiger partial charge >= 0.3 is 0 Å². The van der Waals surface area contributed by atoms with Gasteiger partial charge in [0.15, 0.2) is 0 Å². The van der Waals surface area contributed by atoms with E-state index in [0.29, 0.717) is 28.4 Å². The molecule has 4 rings (SSSR count). The number of aromatic nitrogens is 1. The number of carbonyl (C=O) groups is 1. The number of sulfonamides is 1. The van der Waals surface area contributed by atoms with Crippen LogP contribution in [0.4, 0.5) is 10.1 Å². The minimum Gasteiger partial charge on any atom is -0.344 e. The molecule has 150 valence electrons. The molecule has 10 heteroatoms. The Hall–Kier alpha value is -1.88. The van der Waals surface area contributed by atoms with Gasteiger partial charge in [0.05, 0.1) is 4.90 Å². The summed E-state index contributed by atoms with van der Waals surface area (Å²) < 4.78 is 43.5. The van der Waals surface area contributed by atoms with Gasteiger partial charge in [-0.25, -0.2) is 17.5 Å². The zero-order valence-corrected chi connectivity index (χ0v) is 17.1. The van der Waals surface area contributed by atoms with Gasteiger partial charge < -0.3 is 15.2 Å². The largest absolute Gasteiger partial charge is 0.344 e. The van der Waals surface area contributed by atoms with E-state index >= 15 is 0 Å². The quantitative estimate of drug-likeness (QED) is 0.683. The van der Waals surface area contributed by atoms with E-state index in [0.717, 1.165) is 6.54 Å². The summed E-state index contributed by atoms with van der Waals surface area (Å²) in [5, 5.41) is 5.96. The highest BCUT2D eigenvalue weighted by Gasteiger charge is 2.37.